The Hall–Kier alpha value is -1.36. The van der Waals surface area contributed by atoms with E-state index in [4.69, 9.17) is 9.26 Å². The minimum Gasteiger partial charge on any atom is -0.373 e. The van der Waals surface area contributed by atoms with Crippen molar-refractivity contribution in [1.29, 1.82) is 0 Å². The van der Waals surface area contributed by atoms with Crippen molar-refractivity contribution in [3.05, 3.63) is 17.0 Å². The summed E-state index contributed by atoms with van der Waals surface area (Å²) in [6.07, 6.45) is 8.28. The molecule has 1 unspecified atom stereocenters. The fourth-order valence-corrected chi connectivity index (χ4v) is 3.88. The van der Waals surface area contributed by atoms with Gasteiger partial charge in [-0.2, -0.15) is 0 Å². The van der Waals surface area contributed by atoms with Crippen LogP contribution in [0.15, 0.2) is 4.52 Å². The van der Waals surface area contributed by atoms with Crippen LogP contribution in [0.2, 0.25) is 0 Å². The molecular weight excluding hydrogens is 280 g/mol. The zero-order valence-corrected chi connectivity index (χ0v) is 13.6. The molecule has 2 heterocycles. The number of hydrogen-bond donors (Lipinski definition) is 1. The number of amides is 1. The van der Waals surface area contributed by atoms with Crippen molar-refractivity contribution >= 4 is 5.91 Å². The monoisotopic (exact) mass is 306 g/mol. The number of hydrogen-bond acceptors (Lipinski definition) is 4. The van der Waals surface area contributed by atoms with E-state index in [1.807, 2.05) is 13.8 Å². The lowest BCUT2D eigenvalue weighted by atomic mass is 9.82. The van der Waals surface area contributed by atoms with Crippen molar-refractivity contribution in [2.75, 3.05) is 6.61 Å². The van der Waals surface area contributed by atoms with Gasteiger partial charge >= 0.3 is 0 Å². The highest BCUT2D eigenvalue weighted by Crippen LogP contribution is 2.39. The molecule has 0 aromatic carbocycles. The Bertz CT molecular complexity index is 513. The molecular formula is C17H26N2O3. The third kappa shape index (κ3) is 3.35. The lowest BCUT2D eigenvalue weighted by Crippen LogP contribution is -2.37. The molecule has 1 N–H and O–H groups in total. The summed E-state index contributed by atoms with van der Waals surface area (Å²) >= 11 is 0. The Labute approximate surface area is 131 Å². The molecule has 122 valence electrons. The summed E-state index contributed by atoms with van der Waals surface area (Å²) in [4.78, 5) is 12.2. The quantitative estimate of drug-likeness (QED) is 0.929. The fourth-order valence-electron chi connectivity index (χ4n) is 3.88. The first-order valence-corrected chi connectivity index (χ1v) is 8.43. The predicted octanol–water partition coefficient (Wildman–Crippen LogP) is 2.83. The Morgan fingerprint density at radius 1 is 1.32 bits per heavy atom. The van der Waals surface area contributed by atoms with Gasteiger partial charge in [-0.3, -0.25) is 4.79 Å². The molecule has 1 aliphatic carbocycles. The van der Waals surface area contributed by atoms with Crippen molar-refractivity contribution in [3.63, 3.8) is 0 Å². The maximum absolute atomic E-state index is 12.2. The number of aromatic nitrogens is 1. The normalized spacial score (nSPS) is 23.8. The summed E-state index contributed by atoms with van der Waals surface area (Å²) in [6.45, 7) is 4.48. The van der Waals surface area contributed by atoms with Gasteiger partial charge in [-0.25, -0.2) is 0 Å². The van der Waals surface area contributed by atoms with Gasteiger partial charge in [-0.15, -0.1) is 0 Å². The number of carbonyl (C=O) groups excluding carboxylic acids is 1. The van der Waals surface area contributed by atoms with Crippen molar-refractivity contribution < 1.29 is 14.1 Å². The number of rotatable bonds is 4. The van der Waals surface area contributed by atoms with Crippen molar-refractivity contribution in [2.45, 2.75) is 76.9 Å². The van der Waals surface area contributed by atoms with Gasteiger partial charge in [0.05, 0.1) is 23.9 Å². The van der Waals surface area contributed by atoms with Gasteiger partial charge in [0.25, 0.3) is 0 Å². The molecule has 1 saturated heterocycles. The molecule has 1 aromatic heterocycles. The Balaban J connectivity index is 1.46. The van der Waals surface area contributed by atoms with Gasteiger partial charge in [-0.05, 0) is 39.5 Å². The second-order valence-corrected chi connectivity index (χ2v) is 6.83. The minimum absolute atomic E-state index is 0.0534. The van der Waals surface area contributed by atoms with E-state index in [1.54, 1.807) is 0 Å². The lowest BCUT2D eigenvalue weighted by molar-refractivity contribution is -0.121. The van der Waals surface area contributed by atoms with E-state index in [1.165, 1.54) is 19.3 Å². The summed E-state index contributed by atoms with van der Waals surface area (Å²) in [5.74, 6) is 0.914. The summed E-state index contributed by atoms with van der Waals surface area (Å²) in [7, 11) is 0. The first kappa shape index (κ1) is 15.5. The summed E-state index contributed by atoms with van der Waals surface area (Å²) in [6, 6.07) is 0.176. The number of aryl methyl sites for hydroxylation is 2. The highest BCUT2D eigenvalue weighted by molar-refractivity contribution is 5.76. The van der Waals surface area contributed by atoms with Gasteiger partial charge in [0, 0.05) is 12.0 Å². The molecule has 1 saturated carbocycles. The molecule has 5 heteroatoms. The van der Waals surface area contributed by atoms with E-state index >= 15 is 0 Å². The Kier molecular flexibility index (Phi) is 4.52. The summed E-state index contributed by atoms with van der Waals surface area (Å²) in [5, 5.41) is 7.06. The SMILES string of the molecule is Cc1noc(C)c1CCC(=O)NC1COC2(CCCCC2)C1. The molecule has 1 amide bonds. The molecule has 1 spiro atoms. The number of nitrogens with one attached hydrogen (secondary N) is 1. The van der Waals surface area contributed by atoms with Crippen molar-refractivity contribution in [3.8, 4) is 0 Å². The van der Waals surface area contributed by atoms with Crippen LogP contribution < -0.4 is 5.32 Å². The molecule has 0 bridgehead atoms. The number of ether oxygens (including phenoxy) is 1. The Morgan fingerprint density at radius 2 is 2.09 bits per heavy atom. The van der Waals surface area contributed by atoms with Gasteiger partial charge in [0.15, 0.2) is 0 Å². The first-order valence-electron chi connectivity index (χ1n) is 8.43. The maximum Gasteiger partial charge on any atom is 0.220 e. The molecule has 3 rings (SSSR count). The summed E-state index contributed by atoms with van der Waals surface area (Å²) < 4.78 is 11.2. The minimum atomic E-state index is 0.0534. The zero-order valence-electron chi connectivity index (χ0n) is 13.6. The number of nitrogens with zero attached hydrogens (tertiary/aromatic N) is 1. The molecule has 1 aromatic rings. The summed E-state index contributed by atoms with van der Waals surface area (Å²) in [5.41, 5.74) is 2.00. The van der Waals surface area contributed by atoms with Gasteiger partial charge in [0.2, 0.25) is 5.91 Å². The van der Waals surface area contributed by atoms with Crippen LogP contribution in [0.3, 0.4) is 0 Å². The van der Waals surface area contributed by atoms with Gasteiger partial charge in [0.1, 0.15) is 5.76 Å². The van der Waals surface area contributed by atoms with Crippen molar-refractivity contribution in [1.82, 2.24) is 10.5 Å². The van der Waals surface area contributed by atoms with E-state index in [0.29, 0.717) is 19.4 Å². The third-order valence-electron chi connectivity index (χ3n) is 5.12. The smallest absolute Gasteiger partial charge is 0.220 e. The topological polar surface area (TPSA) is 64.4 Å². The largest absolute Gasteiger partial charge is 0.373 e. The van der Waals surface area contributed by atoms with Gasteiger partial charge < -0.3 is 14.6 Å². The van der Waals surface area contributed by atoms with Crippen LogP contribution in [0.25, 0.3) is 0 Å². The second-order valence-electron chi connectivity index (χ2n) is 6.83. The molecule has 1 atom stereocenters. The average Bonchev–Trinajstić information content (AvgIpc) is 3.02. The van der Waals surface area contributed by atoms with E-state index < -0.39 is 0 Å². The van der Waals surface area contributed by atoms with Gasteiger partial charge in [-0.1, -0.05) is 24.4 Å². The number of carbonyl (C=O) groups is 1. The maximum atomic E-state index is 12.2. The average molecular weight is 306 g/mol. The van der Waals surface area contributed by atoms with Crippen LogP contribution in [0.1, 0.15) is 62.0 Å². The van der Waals surface area contributed by atoms with Crippen LogP contribution in [-0.4, -0.2) is 29.3 Å². The van der Waals surface area contributed by atoms with E-state index in [2.05, 4.69) is 10.5 Å². The molecule has 5 nitrogen and oxygen atoms in total. The molecule has 1 aliphatic heterocycles. The highest BCUT2D eigenvalue weighted by atomic mass is 16.5. The van der Waals surface area contributed by atoms with Crippen molar-refractivity contribution in [2.24, 2.45) is 0 Å². The molecule has 2 fully saturated rings. The highest BCUT2D eigenvalue weighted by Gasteiger charge is 2.41. The van der Waals surface area contributed by atoms with Crippen LogP contribution >= 0.6 is 0 Å². The molecule has 0 radical (unpaired) electrons. The predicted molar refractivity (Wildman–Crippen MR) is 82.6 cm³/mol. The standard InChI is InChI=1S/C17H26N2O3/c1-12-15(13(2)22-19-12)6-7-16(20)18-14-10-17(21-11-14)8-4-3-5-9-17/h14H,3-11H2,1-2H3,(H,18,20). The van der Waals surface area contributed by atoms with Crippen LogP contribution in [-0.2, 0) is 16.0 Å². The molecule has 2 aliphatic rings. The second kappa shape index (κ2) is 6.41. The first-order chi connectivity index (χ1) is 10.6. The lowest BCUT2D eigenvalue weighted by Gasteiger charge is -2.32. The zero-order chi connectivity index (χ0) is 15.6. The van der Waals surface area contributed by atoms with Crippen LogP contribution in [0.5, 0.6) is 0 Å². The van der Waals surface area contributed by atoms with E-state index in [9.17, 15) is 4.79 Å². The van der Waals surface area contributed by atoms with Crippen LogP contribution in [0.4, 0.5) is 0 Å². The third-order valence-corrected chi connectivity index (χ3v) is 5.12. The van der Waals surface area contributed by atoms with E-state index in [-0.39, 0.29) is 17.6 Å². The van der Waals surface area contributed by atoms with Crippen LogP contribution in [0, 0.1) is 13.8 Å². The fraction of sp³-hybridized carbons (Fsp3) is 0.765. The van der Waals surface area contributed by atoms with E-state index in [0.717, 1.165) is 36.3 Å². The molecule has 22 heavy (non-hydrogen) atoms. The Morgan fingerprint density at radius 3 is 2.77 bits per heavy atom.